The highest BCUT2D eigenvalue weighted by Gasteiger charge is 2.80. The standard InChI is InChI=1S/C23H13ClF6S4/c1-10-12(8-17(32-10)16-6-5-15(34-16)14-4-3-7-31-14)19-20(13-9-18(24)33-11(13)2)22(27,28)23(29,30)21(19,25)26/h3-9H,1-2H3. The summed E-state index contributed by atoms with van der Waals surface area (Å²) < 4.78 is 89.4. The van der Waals surface area contributed by atoms with Crippen LogP contribution in [0.1, 0.15) is 20.9 Å². The van der Waals surface area contributed by atoms with Crippen LogP contribution in [-0.4, -0.2) is 17.8 Å². The Morgan fingerprint density at radius 2 is 1.24 bits per heavy atom. The Hall–Kier alpha value is -1.59. The summed E-state index contributed by atoms with van der Waals surface area (Å²) in [5.41, 5.74) is -3.38. The molecule has 0 N–H and O–H groups in total. The average molecular weight is 567 g/mol. The van der Waals surface area contributed by atoms with Gasteiger partial charge < -0.3 is 0 Å². The first-order valence-corrected chi connectivity index (χ1v) is 13.5. The minimum atomic E-state index is -5.59. The molecule has 0 radical (unpaired) electrons. The molecule has 1 aliphatic rings. The summed E-state index contributed by atoms with van der Waals surface area (Å²) in [7, 11) is 0. The molecule has 1 aliphatic carbocycles. The minimum absolute atomic E-state index is 0.0519. The molecular formula is C23H13ClF6S4. The molecule has 0 spiro atoms. The van der Waals surface area contributed by atoms with E-state index < -0.39 is 28.9 Å². The third-order valence-electron chi connectivity index (χ3n) is 5.62. The molecular weight excluding hydrogens is 554 g/mol. The first-order valence-electron chi connectivity index (χ1n) is 9.76. The van der Waals surface area contributed by atoms with Crippen LogP contribution in [0.25, 0.3) is 30.7 Å². The number of thiophene rings is 4. The van der Waals surface area contributed by atoms with Crippen molar-refractivity contribution in [3.05, 3.63) is 67.0 Å². The van der Waals surface area contributed by atoms with E-state index in [2.05, 4.69) is 0 Å². The van der Waals surface area contributed by atoms with Crippen molar-refractivity contribution in [1.29, 1.82) is 0 Å². The summed E-state index contributed by atoms with van der Waals surface area (Å²) in [4.78, 5) is 3.69. The molecule has 5 rings (SSSR count). The van der Waals surface area contributed by atoms with Gasteiger partial charge in [0, 0.05) is 40.4 Å². The highest BCUT2D eigenvalue weighted by Crippen LogP contribution is 2.66. The van der Waals surface area contributed by atoms with Crippen LogP contribution in [0.15, 0.2) is 41.8 Å². The Bertz CT molecular complexity index is 1420. The van der Waals surface area contributed by atoms with E-state index in [0.29, 0.717) is 4.88 Å². The fraction of sp³-hybridized carbons (Fsp3) is 0.217. The lowest BCUT2D eigenvalue weighted by Crippen LogP contribution is -2.48. The number of hydrogen-bond acceptors (Lipinski definition) is 4. The molecule has 0 aliphatic heterocycles. The van der Waals surface area contributed by atoms with Crippen molar-refractivity contribution in [3.8, 4) is 19.5 Å². The summed E-state index contributed by atoms with van der Waals surface area (Å²) in [6, 6.07) is 9.91. The molecule has 11 heteroatoms. The van der Waals surface area contributed by atoms with E-state index >= 15 is 8.78 Å². The number of rotatable bonds is 4. The number of hydrogen-bond donors (Lipinski definition) is 0. The molecule has 0 nitrogen and oxygen atoms in total. The second-order valence-corrected chi connectivity index (χ2v) is 12.9. The van der Waals surface area contributed by atoms with Gasteiger partial charge in [-0.15, -0.1) is 45.3 Å². The van der Waals surface area contributed by atoms with Crippen LogP contribution in [0.5, 0.6) is 0 Å². The SMILES string of the molecule is Cc1sc(Cl)cc1C1=C(c2cc(-c3ccc(-c4cccs4)s3)sc2C)C(F)(F)C(F)(F)C1(F)F. The van der Waals surface area contributed by atoms with Crippen LogP contribution in [0, 0.1) is 13.8 Å². The predicted molar refractivity (Wildman–Crippen MR) is 131 cm³/mol. The van der Waals surface area contributed by atoms with Gasteiger partial charge in [0.25, 0.3) is 0 Å². The fourth-order valence-electron chi connectivity index (χ4n) is 4.00. The summed E-state index contributed by atoms with van der Waals surface area (Å²) in [5, 5.41) is 1.93. The smallest absolute Gasteiger partial charge is 0.194 e. The third-order valence-corrected chi connectivity index (χ3v) is 10.2. The molecule has 0 fully saturated rings. The first kappa shape index (κ1) is 24.1. The molecule has 0 unspecified atom stereocenters. The zero-order valence-corrected chi connectivity index (χ0v) is 21.3. The maximum absolute atomic E-state index is 15.1. The van der Waals surface area contributed by atoms with Gasteiger partial charge in [-0.1, -0.05) is 17.7 Å². The number of halogens is 7. The Morgan fingerprint density at radius 1 is 0.676 bits per heavy atom. The van der Waals surface area contributed by atoms with E-state index in [0.717, 1.165) is 43.4 Å². The molecule has 0 aromatic carbocycles. The van der Waals surface area contributed by atoms with Gasteiger partial charge in [0.15, 0.2) is 0 Å². The molecule has 4 aromatic rings. The first-order chi connectivity index (χ1) is 15.9. The molecule has 0 amide bonds. The van der Waals surface area contributed by atoms with E-state index in [1.54, 1.807) is 11.3 Å². The number of allylic oxidation sites excluding steroid dienone is 2. The Balaban J connectivity index is 1.72. The molecule has 4 aromatic heterocycles. The minimum Gasteiger partial charge on any atom is -0.194 e. The van der Waals surface area contributed by atoms with Gasteiger partial charge in [-0.3, -0.25) is 0 Å². The van der Waals surface area contributed by atoms with Gasteiger partial charge in [-0.05, 0) is 60.7 Å². The van der Waals surface area contributed by atoms with E-state index in [9.17, 15) is 17.6 Å². The van der Waals surface area contributed by atoms with Crippen LogP contribution < -0.4 is 0 Å². The van der Waals surface area contributed by atoms with Crippen LogP contribution in [0.4, 0.5) is 26.3 Å². The highest BCUT2D eigenvalue weighted by molar-refractivity contribution is 7.26. The lowest BCUT2D eigenvalue weighted by Gasteiger charge is -2.25. The molecule has 0 bridgehead atoms. The highest BCUT2D eigenvalue weighted by atomic mass is 35.5. The van der Waals surface area contributed by atoms with Crippen molar-refractivity contribution >= 4 is 68.1 Å². The van der Waals surface area contributed by atoms with Crippen LogP contribution >= 0.6 is 56.9 Å². The summed E-state index contributed by atoms with van der Waals surface area (Å²) in [6.45, 7) is 2.87. The number of aryl methyl sites for hydroxylation is 2. The van der Waals surface area contributed by atoms with Crippen LogP contribution in [0.3, 0.4) is 0 Å². The summed E-state index contributed by atoms with van der Waals surface area (Å²) in [5.74, 6) is -15.7. The zero-order valence-electron chi connectivity index (χ0n) is 17.3. The summed E-state index contributed by atoms with van der Waals surface area (Å²) in [6.07, 6.45) is 0. The van der Waals surface area contributed by atoms with Crippen molar-refractivity contribution in [2.24, 2.45) is 0 Å². The Morgan fingerprint density at radius 3 is 1.76 bits per heavy atom. The van der Waals surface area contributed by atoms with E-state index in [1.807, 2.05) is 29.6 Å². The van der Waals surface area contributed by atoms with Crippen molar-refractivity contribution in [2.75, 3.05) is 0 Å². The molecule has 0 saturated heterocycles. The van der Waals surface area contributed by atoms with Gasteiger partial charge in [-0.2, -0.15) is 26.3 Å². The maximum atomic E-state index is 15.1. The van der Waals surface area contributed by atoms with Gasteiger partial charge >= 0.3 is 17.8 Å². The van der Waals surface area contributed by atoms with E-state index in [4.69, 9.17) is 11.6 Å². The lowest BCUT2D eigenvalue weighted by molar-refractivity contribution is -0.254. The van der Waals surface area contributed by atoms with Gasteiger partial charge in [0.1, 0.15) is 0 Å². The Labute approximate surface area is 211 Å². The number of alkyl halides is 6. The largest absolute Gasteiger partial charge is 0.380 e. The van der Waals surface area contributed by atoms with E-state index in [1.165, 1.54) is 31.3 Å². The van der Waals surface area contributed by atoms with E-state index in [-0.39, 0.29) is 25.2 Å². The van der Waals surface area contributed by atoms with Crippen molar-refractivity contribution in [1.82, 2.24) is 0 Å². The molecule has 34 heavy (non-hydrogen) atoms. The zero-order chi connectivity index (χ0) is 24.6. The predicted octanol–water partition coefficient (Wildman–Crippen LogP) is 10.4. The lowest BCUT2D eigenvalue weighted by atomic mass is 9.95. The molecule has 0 saturated carbocycles. The average Bonchev–Trinajstić information content (AvgIpc) is 3.53. The fourth-order valence-corrected chi connectivity index (χ4v) is 8.14. The maximum Gasteiger partial charge on any atom is 0.380 e. The van der Waals surface area contributed by atoms with Gasteiger partial charge in [0.2, 0.25) is 0 Å². The Kier molecular flexibility index (Phi) is 5.65. The third kappa shape index (κ3) is 3.37. The normalized spacial score (nSPS) is 18.7. The molecule has 178 valence electrons. The van der Waals surface area contributed by atoms with Crippen LogP contribution in [0.2, 0.25) is 4.34 Å². The molecule has 4 heterocycles. The molecule has 0 atom stereocenters. The monoisotopic (exact) mass is 566 g/mol. The van der Waals surface area contributed by atoms with Crippen molar-refractivity contribution < 1.29 is 26.3 Å². The van der Waals surface area contributed by atoms with Gasteiger partial charge in [0.05, 0.1) is 4.34 Å². The van der Waals surface area contributed by atoms with Crippen molar-refractivity contribution in [2.45, 2.75) is 31.6 Å². The van der Waals surface area contributed by atoms with Crippen molar-refractivity contribution in [3.63, 3.8) is 0 Å². The van der Waals surface area contributed by atoms with Gasteiger partial charge in [-0.25, -0.2) is 0 Å². The second-order valence-electron chi connectivity index (χ2n) is 7.72. The quantitative estimate of drug-likeness (QED) is 0.216. The second kappa shape index (κ2) is 7.96. The topological polar surface area (TPSA) is 0 Å². The summed E-state index contributed by atoms with van der Waals surface area (Å²) >= 11 is 10.9. The van der Waals surface area contributed by atoms with Crippen LogP contribution in [-0.2, 0) is 0 Å².